The van der Waals surface area contributed by atoms with Crippen LogP contribution in [0.2, 0.25) is 0 Å². The molecule has 1 aromatic rings. The summed E-state index contributed by atoms with van der Waals surface area (Å²) in [5.74, 6) is -2.01. The summed E-state index contributed by atoms with van der Waals surface area (Å²) in [4.78, 5) is 37.6. The summed E-state index contributed by atoms with van der Waals surface area (Å²) in [5, 5.41) is 11.8. The van der Waals surface area contributed by atoms with E-state index in [-0.39, 0.29) is 17.7 Å². The SMILES string of the molecule is CC(NC(=O)C1CCCN(C(=O)Cc2ccccc2)C1)C(C)C(=O)O. The summed E-state index contributed by atoms with van der Waals surface area (Å²) in [5.41, 5.74) is 0.961. The Kier molecular flexibility index (Phi) is 6.56. The maximum atomic E-state index is 12.5. The van der Waals surface area contributed by atoms with Crippen LogP contribution in [0.4, 0.5) is 0 Å². The number of carbonyl (C=O) groups excluding carboxylic acids is 2. The van der Waals surface area contributed by atoms with E-state index in [2.05, 4.69) is 5.32 Å². The van der Waals surface area contributed by atoms with Crippen LogP contribution in [0.25, 0.3) is 0 Å². The molecule has 2 N–H and O–H groups in total. The predicted molar refractivity (Wildman–Crippen MR) is 93.9 cm³/mol. The van der Waals surface area contributed by atoms with Gasteiger partial charge < -0.3 is 15.3 Å². The van der Waals surface area contributed by atoms with Crippen molar-refractivity contribution < 1.29 is 19.5 Å². The van der Waals surface area contributed by atoms with Crippen LogP contribution < -0.4 is 5.32 Å². The van der Waals surface area contributed by atoms with Gasteiger partial charge in [-0.1, -0.05) is 30.3 Å². The number of aliphatic carboxylic acids is 1. The lowest BCUT2D eigenvalue weighted by molar-refractivity contribution is -0.142. The third-order valence-electron chi connectivity index (χ3n) is 4.85. The highest BCUT2D eigenvalue weighted by atomic mass is 16.4. The number of benzene rings is 1. The first-order chi connectivity index (χ1) is 11.9. The van der Waals surface area contributed by atoms with Gasteiger partial charge in [-0.2, -0.15) is 0 Å². The zero-order valence-corrected chi connectivity index (χ0v) is 14.8. The van der Waals surface area contributed by atoms with E-state index >= 15 is 0 Å². The largest absolute Gasteiger partial charge is 0.481 e. The number of hydrogen-bond acceptors (Lipinski definition) is 3. The fraction of sp³-hybridized carbons (Fsp3) is 0.526. The zero-order valence-electron chi connectivity index (χ0n) is 14.8. The van der Waals surface area contributed by atoms with Gasteiger partial charge in [-0.05, 0) is 32.3 Å². The molecule has 25 heavy (non-hydrogen) atoms. The van der Waals surface area contributed by atoms with Gasteiger partial charge in [-0.15, -0.1) is 0 Å². The molecule has 6 nitrogen and oxygen atoms in total. The minimum Gasteiger partial charge on any atom is -0.481 e. The number of likely N-dealkylation sites (tertiary alicyclic amines) is 1. The van der Waals surface area contributed by atoms with Gasteiger partial charge >= 0.3 is 5.97 Å². The van der Waals surface area contributed by atoms with Crippen LogP contribution in [0.1, 0.15) is 32.3 Å². The molecule has 1 aliphatic rings. The Labute approximate surface area is 148 Å². The fourth-order valence-corrected chi connectivity index (χ4v) is 2.98. The number of rotatable bonds is 6. The van der Waals surface area contributed by atoms with Crippen LogP contribution in [0.3, 0.4) is 0 Å². The number of hydrogen-bond donors (Lipinski definition) is 2. The van der Waals surface area contributed by atoms with Gasteiger partial charge in [0, 0.05) is 19.1 Å². The Balaban J connectivity index is 1.90. The average Bonchev–Trinajstić information content (AvgIpc) is 2.61. The third kappa shape index (κ3) is 5.31. The smallest absolute Gasteiger partial charge is 0.308 e. The van der Waals surface area contributed by atoms with E-state index in [1.165, 1.54) is 0 Å². The highest BCUT2D eigenvalue weighted by molar-refractivity contribution is 5.83. The van der Waals surface area contributed by atoms with Crippen LogP contribution in [-0.4, -0.2) is 46.9 Å². The monoisotopic (exact) mass is 346 g/mol. The topological polar surface area (TPSA) is 86.7 Å². The van der Waals surface area contributed by atoms with Gasteiger partial charge in [-0.25, -0.2) is 0 Å². The Morgan fingerprint density at radius 3 is 2.56 bits per heavy atom. The summed E-state index contributed by atoms with van der Waals surface area (Å²) < 4.78 is 0. The second kappa shape index (κ2) is 8.65. The molecule has 0 aliphatic carbocycles. The molecule has 1 fully saturated rings. The Morgan fingerprint density at radius 2 is 1.92 bits per heavy atom. The van der Waals surface area contributed by atoms with E-state index in [1.54, 1.807) is 18.7 Å². The molecule has 6 heteroatoms. The quantitative estimate of drug-likeness (QED) is 0.821. The van der Waals surface area contributed by atoms with E-state index < -0.39 is 17.9 Å². The molecule has 0 spiro atoms. The van der Waals surface area contributed by atoms with Crippen LogP contribution in [0, 0.1) is 11.8 Å². The summed E-state index contributed by atoms with van der Waals surface area (Å²) in [7, 11) is 0. The number of carboxylic acid groups (broad SMARTS) is 1. The van der Waals surface area contributed by atoms with Gasteiger partial charge in [0.15, 0.2) is 0 Å². The molecule has 2 amide bonds. The second-order valence-electron chi connectivity index (χ2n) is 6.77. The standard InChI is InChI=1S/C19H26N2O4/c1-13(19(24)25)14(2)20-18(23)16-9-6-10-21(12-16)17(22)11-15-7-4-3-5-8-15/h3-5,7-8,13-14,16H,6,9-12H2,1-2H3,(H,20,23)(H,24,25). The lowest BCUT2D eigenvalue weighted by Crippen LogP contribution is -2.49. The van der Waals surface area contributed by atoms with Crippen LogP contribution in [0.5, 0.6) is 0 Å². The van der Waals surface area contributed by atoms with Crippen molar-refractivity contribution >= 4 is 17.8 Å². The summed E-state index contributed by atoms with van der Waals surface area (Å²) >= 11 is 0. The van der Waals surface area contributed by atoms with Crippen molar-refractivity contribution in [1.82, 2.24) is 10.2 Å². The number of nitrogens with one attached hydrogen (secondary N) is 1. The van der Waals surface area contributed by atoms with Crippen molar-refractivity contribution in [1.29, 1.82) is 0 Å². The highest BCUT2D eigenvalue weighted by Gasteiger charge is 2.30. The molecule has 136 valence electrons. The number of nitrogens with zero attached hydrogens (tertiary/aromatic N) is 1. The third-order valence-corrected chi connectivity index (χ3v) is 4.85. The Morgan fingerprint density at radius 1 is 1.24 bits per heavy atom. The van der Waals surface area contributed by atoms with Crippen LogP contribution in [-0.2, 0) is 20.8 Å². The number of amides is 2. The molecule has 0 saturated carbocycles. The van der Waals surface area contributed by atoms with Crippen LogP contribution >= 0.6 is 0 Å². The first-order valence-corrected chi connectivity index (χ1v) is 8.73. The highest BCUT2D eigenvalue weighted by Crippen LogP contribution is 2.18. The maximum absolute atomic E-state index is 12.5. The van der Waals surface area contributed by atoms with Gasteiger partial charge in [0.1, 0.15) is 0 Å². The molecule has 2 rings (SSSR count). The number of piperidine rings is 1. The summed E-state index contributed by atoms with van der Waals surface area (Å²) in [6.45, 7) is 4.32. The van der Waals surface area contributed by atoms with Crippen molar-refractivity contribution in [3.8, 4) is 0 Å². The Bertz CT molecular complexity index is 617. The first-order valence-electron chi connectivity index (χ1n) is 8.73. The molecule has 0 radical (unpaired) electrons. The minimum absolute atomic E-state index is 0.0238. The lowest BCUT2D eigenvalue weighted by Gasteiger charge is -2.33. The maximum Gasteiger partial charge on any atom is 0.308 e. The molecule has 0 bridgehead atoms. The van der Waals surface area contributed by atoms with E-state index in [1.807, 2.05) is 30.3 Å². The molecule has 1 saturated heterocycles. The van der Waals surface area contributed by atoms with Crippen molar-refractivity contribution in [2.45, 2.75) is 39.2 Å². The normalized spacial score (nSPS) is 19.8. The molecule has 1 heterocycles. The Hall–Kier alpha value is -2.37. The summed E-state index contributed by atoms with van der Waals surface area (Å²) in [6, 6.07) is 9.11. The second-order valence-corrected chi connectivity index (χ2v) is 6.77. The predicted octanol–water partition coefficient (Wildman–Crippen LogP) is 1.69. The molecule has 0 aromatic heterocycles. The first kappa shape index (κ1) is 19.0. The molecule has 1 aliphatic heterocycles. The van der Waals surface area contributed by atoms with Crippen molar-refractivity contribution in [3.05, 3.63) is 35.9 Å². The molecule has 1 aromatic carbocycles. The van der Waals surface area contributed by atoms with Gasteiger partial charge in [0.2, 0.25) is 11.8 Å². The summed E-state index contributed by atoms with van der Waals surface area (Å²) in [6.07, 6.45) is 1.83. The lowest BCUT2D eigenvalue weighted by atomic mass is 9.95. The van der Waals surface area contributed by atoms with Gasteiger partial charge in [0.25, 0.3) is 0 Å². The van der Waals surface area contributed by atoms with E-state index in [9.17, 15) is 14.4 Å². The molecular weight excluding hydrogens is 320 g/mol. The molecule has 3 atom stereocenters. The van der Waals surface area contributed by atoms with E-state index in [0.29, 0.717) is 19.5 Å². The van der Waals surface area contributed by atoms with E-state index in [4.69, 9.17) is 5.11 Å². The van der Waals surface area contributed by atoms with Crippen molar-refractivity contribution in [2.24, 2.45) is 11.8 Å². The van der Waals surface area contributed by atoms with E-state index in [0.717, 1.165) is 18.4 Å². The molecule has 3 unspecified atom stereocenters. The minimum atomic E-state index is -0.934. The fourth-order valence-electron chi connectivity index (χ4n) is 2.98. The van der Waals surface area contributed by atoms with Gasteiger partial charge in [-0.3, -0.25) is 14.4 Å². The average molecular weight is 346 g/mol. The number of carbonyl (C=O) groups is 3. The van der Waals surface area contributed by atoms with Crippen LogP contribution in [0.15, 0.2) is 30.3 Å². The van der Waals surface area contributed by atoms with Crippen molar-refractivity contribution in [3.63, 3.8) is 0 Å². The van der Waals surface area contributed by atoms with Crippen molar-refractivity contribution in [2.75, 3.05) is 13.1 Å². The van der Waals surface area contributed by atoms with Gasteiger partial charge in [0.05, 0.1) is 18.3 Å². The zero-order chi connectivity index (χ0) is 18.4. The number of carboxylic acids is 1. The molecular formula is C19H26N2O4.